The number of nitrogens with one attached hydrogen (secondary N) is 4. The molecular weight excluding hydrogens is 412 g/mol. The fraction of sp³-hybridized carbons (Fsp3) is 0.455. The summed E-state index contributed by atoms with van der Waals surface area (Å²) < 4.78 is 5.36. The highest BCUT2D eigenvalue weighted by molar-refractivity contribution is 6.01. The number of benzene rings is 1. The van der Waals surface area contributed by atoms with E-state index in [9.17, 15) is 19.6 Å². The van der Waals surface area contributed by atoms with Crippen molar-refractivity contribution in [2.75, 3.05) is 20.2 Å². The van der Waals surface area contributed by atoms with Crippen molar-refractivity contribution in [3.63, 3.8) is 0 Å². The van der Waals surface area contributed by atoms with Gasteiger partial charge in [-0.15, -0.1) is 0 Å². The Labute approximate surface area is 185 Å². The van der Waals surface area contributed by atoms with Crippen LogP contribution >= 0.6 is 0 Å². The number of hydrazine groups is 1. The number of nitriles is 1. The van der Waals surface area contributed by atoms with Crippen LogP contribution in [0.3, 0.4) is 0 Å². The molecule has 0 saturated carbocycles. The molecule has 32 heavy (non-hydrogen) atoms. The van der Waals surface area contributed by atoms with Gasteiger partial charge in [0.15, 0.2) is 0 Å². The lowest BCUT2D eigenvalue weighted by Gasteiger charge is -2.35. The van der Waals surface area contributed by atoms with Gasteiger partial charge in [0.1, 0.15) is 23.5 Å². The normalized spacial score (nSPS) is 21.6. The molecule has 10 heteroatoms. The summed E-state index contributed by atoms with van der Waals surface area (Å²) >= 11 is 0. The van der Waals surface area contributed by atoms with Crippen LogP contribution in [0.1, 0.15) is 36.2 Å². The molecule has 2 fully saturated rings. The molecule has 1 aromatic heterocycles. The maximum atomic E-state index is 13.3. The third kappa shape index (κ3) is 4.24. The number of nitrogens with zero attached hydrogens (tertiary/aromatic N) is 2. The number of aromatic amines is 1. The van der Waals surface area contributed by atoms with Crippen molar-refractivity contribution in [3.05, 3.63) is 30.0 Å². The van der Waals surface area contributed by atoms with Crippen LogP contribution in [-0.4, -0.2) is 60.0 Å². The van der Waals surface area contributed by atoms with Gasteiger partial charge in [-0.3, -0.25) is 19.4 Å². The number of ether oxygens (including phenoxy) is 1. The van der Waals surface area contributed by atoms with Crippen LogP contribution in [0.25, 0.3) is 10.9 Å². The summed E-state index contributed by atoms with van der Waals surface area (Å²) in [5.74, 6) is -0.518. The topological polar surface area (TPSA) is 139 Å². The minimum absolute atomic E-state index is 0.0927. The van der Waals surface area contributed by atoms with Gasteiger partial charge in [-0.05, 0) is 43.9 Å². The number of carbonyl (C=O) groups is 3. The van der Waals surface area contributed by atoms with Crippen molar-refractivity contribution in [1.29, 1.82) is 5.26 Å². The van der Waals surface area contributed by atoms with Gasteiger partial charge in [0, 0.05) is 29.9 Å². The fourth-order valence-corrected chi connectivity index (χ4v) is 4.31. The first-order valence-electron chi connectivity index (χ1n) is 10.7. The molecule has 2 aliphatic rings. The highest BCUT2D eigenvalue weighted by atomic mass is 16.5. The van der Waals surface area contributed by atoms with Crippen LogP contribution in [0.2, 0.25) is 0 Å². The third-order valence-electron chi connectivity index (χ3n) is 6.00. The zero-order valence-corrected chi connectivity index (χ0v) is 17.8. The lowest BCUT2D eigenvalue weighted by molar-refractivity contribution is -0.129. The molecule has 0 bridgehead atoms. The highest BCUT2D eigenvalue weighted by Crippen LogP contribution is 2.27. The smallest absolute Gasteiger partial charge is 0.285 e. The number of H-pyrrole nitrogens is 1. The molecule has 3 atom stereocenters. The maximum Gasteiger partial charge on any atom is 0.285 e. The highest BCUT2D eigenvalue weighted by Gasteiger charge is 2.35. The number of hydrogen-bond acceptors (Lipinski definition) is 6. The van der Waals surface area contributed by atoms with Crippen LogP contribution in [0.5, 0.6) is 5.75 Å². The van der Waals surface area contributed by atoms with E-state index in [2.05, 4.69) is 27.1 Å². The van der Waals surface area contributed by atoms with E-state index in [4.69, 9.17) is 4.74 Å². The van der Waals surface area contributed by atoms with E-state index in [1.165, 1.54) is 5.01 Å². The molecule has 1 aromatic carbocycles. The van der Waals surface area contributed by atoms with E-state index < -0.39 is 18.0 Å². The summed E-state index contributed by atoms with van der Waals surface area (Å²) in [5.41, 5.74) is 4.10. The Bertz CT molecular complexity index is 1070. The molecule has 4 N–H and O–H groups in total. The summed E-state index contributed by atoms with van der Waals surface area (Å²) in [6.45, 7) is 1.14. The Morgan fingerprint density at radius 3 is 2.91 bits per heavy atom. The largest absolute Gasteiger partial charge is 0.496 e. The van der Waals surface area contributed by atoms with Crippen molar-refractivity contribution in [3.8, 4) is 11.8 Å². The predicted molar refractivity (Wildman–Crippen MR) is 115 cm³/mol. The molecule has 0 aliphatic carbocycles. The lowest BCUT2D eigenvalue weighted by Crippen LogP contribution is -2.59. The Morgan fingerprint density at radius 2 is 2.19 bits per heavy atom. The Hall–Kier alpha value is -3.58. The van der Waals surface area contributed by atoms with Crippen molar-refractivity contribution < 1.29 is 19.1 Å². The molecule has 4 rings (SSSR count). The lowest BCUT2D eigenvalue weighted by atomic mass is 9.98. The van der Waals surface area contributed by atoms with Gasteiger partial charge in [-0.2, -0.15) is 5.26 Å². The summed E-state index contributed by atoms with van der Waals surface area (Å²) in [7, 11) is 1.57. The van der Waals surface area contributed by atoms with Crippen LogP contribution in [0, 0.1) is 17.2 Å². The van der Waals surface area contributed by atoms with Crippen LogP contribution in [-0.2, 0) is 9.59 Å². The van der Waals surface area contributed by atoms with E-state index in [-0.39, 0.29) is 24.2 Å². The van der Waals surface area contributed by atoms with E-state index in [1.807, 2.05) is 18.2 Å². The fourth-order valence-electron chi connectivity index (χ4n) is 4.31. The summed E-state index contributed by atoms with van der Waals surface area (Å²) in [6.07, 6.45) is 2.08. The van der Waals surface area contributed by atoms with Gasteiger partial charge in [0.2, 0.25) is 11.8 Å². The molecule has 0 spiro atoms. The van der Waals surface area contributed by atoms with Crippen molar-refractivity contribution in [2.45, 2.75) is 37.8 Å². The monoisotopic (exact) mass is 438 g/mol. The average Bonchev–Trinajstić information content (AvgIpc) is 3.43. The molecule has 0 unspecified atom stereocenters. The molecule has 168 valence electrons. The van der Waals surface area contributed by atoms with Gasteiger partial charge in [0.05, 0.1) is 13.2 Å². The number of methoxy groups -OCH3 is 1. The maximum absolute atomic E-state index is 13.3. The van der Waals surface area contributed by atoms with Crippen LogP contribution in [0.4, 0.5) is 0 Å². The standard InChI is InChI=1S/C22H26N6O4/c1-32-19-6-2-4-16-15(19)11-17(27-16)22(31)28-18(5-3-8-25-28)21(30)26-14(12-23)10-13-7-9-24-20(13)29/h2,4,6,11,13-14,18,25,27H,3,5,7-10H2,1H3,(H,24,29)(H,26,30)/t13-,14-,18-/m0/s1. The number of hydrogen-bond donors (Lipinski definition) is 4. The molecule has 10 nitrogen and oxygen atoms in total. The van der Waals surface area contributed by atoms with Crippen molar-refractivity contribution in [2.24, 2.45) is 5.92 Å². The van der Waals surface area contributed by atoms with E-state index in [0.29, 0.717) is 43.8 Å². The molecule has 3 heterocycles. The predicted octanol–water partition coefficient (Wildman–Crippen LogP) is 0.820. The van der Waals surface area contributed by atoms with Gasteiger partial charge in [-0.25, -0.2) is 5.43 Å². The van der Waals surface area contributed by atoms with Crippen LogP contribution in [0.15, 0.2) is 24.3 Å². The Morgan fingerprint density at radius 1 is 1.34 bits per heavy atom. The molecule has 3 amide bonds. The van der Waals surface area contributed by atoms with Crippen molar-refractivity contribution in [1.82, 2.24) is 26.1 Å². The number of fused-ring (bicyclic) bond motifs is 1. The third-order valence-corrected chi connectivity index (χ3v) is 6.00. The number of amides is 3. The number of rotatable bonds is 6. The van der Waals surface area contributed by atoms with Gasteiger partial charge >= 0.3 is 0 Å². The molecular formula is C22H26N6O4. The van der Waals surface area contributed by atoms with Gasteiger partial charge in [0.25, 0.3) is 5.91 Å². The van der Waals surface area contributed by atoms with E-state index >= 15 is 0 Å². The number of carbonyl (C=O) groups excluding carboxylic acids is 3. The van der Waals surface area contributed by atoms with Gasteiger partial charge in [-0.1, -0.05) is 6.07 Å². The second-order valence-electron chi connectivity index (χ2n) is 8.05. The minimum Gasteiger partial charge on any atom is -0.496 e. The minimum atomic E-state index is -0.799. The Balaban J connectivity index is 1.49. The first kappa shape index (κ1) is 21.6. The zero-order valence-electron chi connectivity index (χ0n) is 17.8. The zero-order chi connectivity index (χ0) is 22.7. The van der Waals surface area contributed by atoms with E-state index in [0.717, 1.165) is 10.9 Å². The van der Waals surface area contributed by atoms with Crippen molar-refractivity contribution >= 4 is 28.6 Å². The summed E-state index contributed by atoms with van der Waals surface area (Å²) in [5, 5.41) is 17.1. The quantitative estimate of drug-likeness (QED) is 0.527. The summed E-state index contributed by atoms with van der Waals surface area (Å²) in [6, 6.07) is 7.70. The summed E-state index contributed by atoms with van der Waals surface area (Å²) in [4.78, 5) is 41.2. The van der Waals surface area contributed by atoms with Gasteiger partial charge < -0.3 is 20.4 Å². The number of aromatic nitrogens is 1. The molecule has 2 saturated heterocycles. The second-order valence-corrected chi connectivity index (χ2v) is 8.05. The average molecular weight is 438 g/mol. The SMILES string of the molecule is COc1cccc2[nH]c(C(=O)N3NCCC[C@H]3C(=O)N[C@H](C#N)C[C@@H]3CCNC3=O)cc12. The first-order valence-corrected chi connectivity index (χ1v) is 10.7. The first-order chi connectivity index (χ1) is 15.5. The second kappa shape index (κ2) is 9.28. The molecule has 2 aromatic rings. The van der Waals surface area contributed by atoms with E-state index in [1.54, 1.807) is 13.2 Å². The molecule has 2 aliphatic heterocycles. The molecule has 0 radical (unpaired) electrons. The van der Waals surface area contributed by atoms with Crippen LogP contribution < -0.4 is 20.8 Å². The Kier molecular flexibility index (Phi) is 6.28.